The quantitative estimate of drug-likeness (QED) is 0.738. The number of benzene rings is 2. The highest BCUT2D eigenvalue weighted by atomic mass is 16.5. The number of nitrogens with one attached hydrogen (secondary N) is 1. The maximum Gasteiger partial charge on any atom is 0.342 e. The number of phenols is 1. The average molecular weight is 359 g/mol. The van der Waals surface area contributed by atoms with Crippen LogP contribution in [-0.4, -0.2) is 36.8 Å². The van der Waals surface area contributed by atoms with Crippen LogP contribution in [0.4, 0.5) is 5.69 Å². The van der Waals surface area contributed by atoms with E-state index in [1.165, 1.54) is 32.2 Å². The number of phenolic OH excluding ortho intramolecular Hbond substituents is 1. The number of amides is 1. The number of aromatic hydroxyl groups is 1. The van der Waals surface area contributed by atoms with Gasteiger partial charge in [-0.3, -0.25) is 4.79 Å². The van der Waals surface area contributed by atoms with Gasteiger partial charge in [-0.15, -0.1) is 0 Å². The number of hydrogen-bond donors (Lipinski definition) is 2. The number of rotatable bonds is 7. The second-order valence-corrected chi connectivity index (χ2v) is 5.35. The molecule has 0 aliphatic rings. The number of para-hydroxylation sites is 2. The number of hydrogen-bond acceptors (Lipinski definition) is 6. The van der Waals surface area contributed by atoms with E-state index in [1.807, 2.05) is 6.92 Å². The van der Waals surface area contributed by atoms with Crippen molar-refractivity contribution in [1.29, 1.82) is 0 Å². The number of methoxy groups -OCH3 is 1. The summed E-state index contributed by atoms with van der Waals surface area (Å²) in [6.45, 7) is 3.73. The van der Waals surface area contributed by atoms with Gasteiger partial charge in [0.1, 0.15) is 22.8 Å². The van der Waals surface area contributed by atoms with Crippen molar-refractivity contribution in [3.63, 3.8) is 0 Å². The van der Waals surface area contributed by atoms with Crippen LogP contribution < -0.4 is 14.8 Å². The Bertz CT molecular complexity index is 789. The molecule has 0 aliphatic heterocycles. The summed E-state index contributed by atoms with van der Waals surface area (Å²) in [6.07, 6.45) is -1.07. The molecule has 0 fully saturated rings. The molecule has 7 heteroatoms. The van der Waals surface area contributed by atoms with E-state index >= 15 is 0 Å². The Morgan fingerprint density at radius 3 is 2.58 bits per heavy atom. The molecule has 0 bridgehead atoms. The Kier molecular flexibility index (Phi) is 6.43. The highest BCUT2D eigenvalue weighted by molar-refractivity contribution is 5.99. The monoisotopic (exact) mass is 359 g/mol. The van der Waals surface area contributed by atoms with E-state index in [-0.39, 0.29) is 11.3 Å². The molecule has 138 valence electrons. The van der Waals surface area contributed by atoms with Crippen molar-refractivity contribution in [3.05, 3.63) is 48.0 Å². The van der Waals surface area contributed by atoms with Crippen molar-refractivity contribution in [3.8, 4) is 17.2 Å². The lowest BCUT2D eigenvalue weighted by Crippen LogP contribution is -2.30. The molecule has 0 spiro atoms. The molecule has 2 N–H and O–H groups in total. The lowest BCUT2D eigenvalue weighted by Gasteiger charge is -2.16. The van der Waals surface area contributed by atoms with E-state index < -0.39 is 18.0 Å². The molecule has 7 nitrogen and oxygen atoms in total. The number of carbonyl (C=O) groups is 2. The minimum Gasteiger partial charge on any atom is -0.507 e. The van der Waals surface area contributed by atoms with Gasteiger partial charge < -0.3 is 24.6 Å². The molecular formula is C19H21NO6. The molecule has 1 amide bonds. The summed E-state index contributed by atoms with van der Waals surface area (Å²) < 4.78 is 15.5. The molecule has 0 heterocycles. The summed E-state index contributed by atoms with van der Waals surface area (Å²) in [5.41, 5.74) is 0.426. The third-order valence-corrected chi connectivity index (χ3v) is 3.52. The summed E-state index contributed by atoms with van der Waals surface area (Å²) in [5.74, 6) is -0.694. The van der Waals surface area contributed by atoms with Crippen molar-refractivity contribution in [2.45, 2.75) is 20.0 Å². The van der Waals surface area contributed by atoms with Gasteiger partial charge in [0.05, 0.1) is 19.4 Å². The van der Waals surface area contributed by atoms with Crippen LogP contribution in [0.2, 0.25) is 0 Å². The highest BCUT2D eigenvalue weighted by Gasteiger charge is 2.22. The van der Waals surface area contributed by atoms with Crippen molar-refractivity contribution in [2.75, 3.05) is 19.0 Å². The molecule has 0 aliphatic carbocycles. The summed E-state index contributed by atoms with van der Waals surface area (Å²) in [6, 6.07) is 11.1. The van der Waals surface area contributed by atoms with Crippen LogP contribution in [0.5, 0.6) is 17.2 Å². The van der Waals surface area contributed by atoms with Crippen LogP contribution in [0.3, 0.4) is 0 Å². The van der Waals surface area contributed by atoms with Crippen LogP contribution in [0, 0.1) is 0 Å². The second kappa shape index (κ2) is 8.75. The number of esters is 1. The maximum absolute atomic E-state index is 12.3. The minimum absolute atomic E-state index is 0.0554. The summed E-state index contributed by atoms with van der Waals surface area (Å²) >= 11 is 0. The van der Waals surface area contributed by atoms with Crippen LogP contribution in [0.25, 0.3) is 0 Å². The third kappa shape index (κ3) is 4.66. The Labute approximate surface area is 151 Å². The lowest BCUT2D eigenvalue weighted by molar-refractivity contribution is -0.123. The van der Waals surface area contributed by atoms with E-state index in [4.69, 9.17) is 14.2 Å². The smallest absolute Gasteiger partial charge is 0.342 e. The van der Waals surface area contributed by atoms with Gasteiger partial charge in [0, 0.05) is 6.07 Å². The Morgan fingerprint density at radius 1 is 1.19 bits per heavy atom. The molecule has 2 rings (SSSR count). The van der Waals surface area contributed by atoms with E-state index in [0.29, 0.717) is 23.8 Å². The van der Waals surface area contributed by atoms with Gasteiger partial charge in [-0.2, -0.15) is 0 Å². The topological polar surface area (TPSA) is 94.1 Å². The highest BCUT2D eigenvalue weighted by Crippen LogP contribution is 2.26. The van der Waals surface area contributed by atoms with E-state index in [9.17, 15) is 14.7 Å². The Morgan fingerprint density at radius 2 is 1.92 bits per heavy atom. The van der Waals surface area contributed by atoms with Crippen LogP contribution in [-0.2, 0) is 9.53 Å². The molecule has 26 heavy (non-hydrogen) atoms. The molecule has 0 aromatic heterocycles. The van der Waals surface area contributed by atoms with Crippen molar-refractivity contribution in [1.82, 2.24) is 0 Å². The molecular weight excluding hydrogens is 338 g/mol. The molecule has 0 saturated carbocycles. The van der Waals surface area contributed by atoms with E-state index in [2.05, 4.69) is 5.32 Å². The first-order valence-electron chi connectivity index (χ1n) is 8.07. The number of anilines is 1. The fourth-order valence-electron chi connectivity index (χ4n) is 2.17. The average Bonchev–Trinajstić information content (AvgIpc) is 2.63. The molecule has 0 radical (unpaired) electrons. The molecule has 1 atom stereocenters. The van der Waals surface area contributed by atoms with Gasteiger partial charge in [-0.25, -0.2) is 4.79 Å². The molecule has 0 unspecified atom stereocenters. The maximum atomic E-state index is 12.3. The van der Waals surface area contributed by atoms with Gasteiger partial charge in [-0.1, -0.05) is 12.1 Å². The first-order chi connectivity index (χ1) is 12.5. The predicted molar refractivity (Wildman–Crippen MR) is 95.8 cm³/mol. The normalized spacial score (nSPS) is 11.3. The minimum atomic E-state index is -1.07. The van der Waals surface area contributed by atoms with Gasteiger partial charge >= 0.3 is 5.97 Å². The number of ether oxygens (including phenoxy) is 3. The Balaban J connectivity index is 2.04. The SMILES string of the molecule is CCOc1ccccc1NC(=O)[C@H](C)OC(=O)c1ccc(OC)cc1O. The van der Waals surface area contributed by atoms with Crippen LogP contribution in [0.15, 0.2) is 42.5 Å². The van der Waals surface area contributed by atoms with Gasteiger partial charge in [0.25, 0.3) is 5.91 Å². The van der Waals surface area contributed by atoms with Gasteiger partial charge in [-0.05, 0) is 38.1 Å². The van der Waals surface area contributed by atoms with Crippen LogP contribution in [0.1, 0.15) is 24.2 Å². The molecule has 2 aromatic rings. The largest absolute Gasteiger partial charge is 0.507 e. The predicted octanol–water partition coefficient (Wildman–Crippen LogP) is 2.98. The van der Waals surface area contributed by atoms with Gasteiger partial charge in [0.2, 0.25) is 0 Å². The fraction of sp³-hybridized carbons (Fsp3) is 0.263. The zero-order valence-corrected chi connectivity index (χ0v) is 14.8. The summed E-state index contributed by atoms with van der Waals surface area (Å²) in [4.78, 5) is 24.5. The zero-order chi connectivity index (χ0) is 19.1. The van der Waals surface area contributed by atoms with Crippen molar-refractivity contribution >= 4 is 17.6 Å². The van der Waals surface area contributed by atoms with E-state index in [1.54, 1.807) is 24.3 Å². The fourth-order valence-corrected chi connectivity index (χ4v) is 2.17. The Hall–Kier alpha value is -3.22. The lowest BCUT2D eigenvalue weighted by atomic mass is 10.2. The first kappa shape index (κ1) is 19.1. The summed E-state index contributed by atoms with van der Waals surface area (Å²) in [7, 11) is 1.44. The van der Waals surface area contributed by atoms with E-state index in [0.717, 1.165) is 0 Å². The zero-order valence-electron chi connectivity index (χ0n) is 14.8. The van der Waals surface area contributed by atoms with Gasteiger partial charge in [0.15, 0.2) is 6.10 Å². The molecule has 2 aromatic carbocycles. The first-order valence-corrected chi connectivity index (χ1v) is 8.07. The number of carbonyl (C=O) groups excluding carboxylic acids is 2. The standard InChI is InChI=1S/C19H21NO6/c1-4-25-17-8-6-5-7-15(17)20-18(22)12(2)26-19(23)14-10-9-13(24-3)11-16(14)21/h5-12,21H,4H2,1-3H3,(H,20,22)/t12-/m0/s1. The van der Waals surface area contributed by atoms with Crippen molar-refractivity contribution in [2.24, 2.45) is 0 Å². The molecule has 0 saturated heterocycles. The van der Waals surface area contributed by atoms with Crippen molar-refractivity contribution < 1.29 is 28.9 Å². The second-order valence-electron chi connectivity index (χ2n) is 5.35. The van der Waals surface area contributed by atoms with Crippen LogP contribution >= 0.6 is 0 Å². The summed E-state index contributed by atoms with van der Waals surface area (Å²) in [5, 5.41) is 12.5. The third-order valence-electron chi connectivity index (χ3n) is 3.52.